The Morgan fingerprint density at radius 1 is 0.970 bits per heavy atom. The van der Waals surface area contributed by atoms with Gasteiger partial charge in [-0.15, -0.1) is 0 Å². The van der Waals surface area contributed by atoms with Crippen LogP contribution in [-0.4, -0.2) is 90.9 Å². The number of quaternary nitrogens is 1. The van der Waals surface area contributed by atoms with E-state index in [4.69, 9.17) is 10.5 Å². The van der Waals surface area contributed by atoms with Gasteiger partial charge in [0.25, 0.3) is 0 Å². The minimum Gasteiger partial charge on any atom is -0.388 e. The molecule has 0 radical (unpaired) electrons. The number of carbonyl (C=O) groups excluding carboxylic acids is 1. The average Bonchev–Trinajstić information content (AvgIpc) is 2.76. The van der Waals surface area contributed by atoms with E-state index in [1.54, 1.807) is 0 Å². The molecule has 1 unspecified atom stereocenters. The molecular weight excluding hydrogens is 452 g/mol. The molecule has 0 aliphatic heterocycles. The van der Waals surface area contributed by atoms with Gasteiger partial charge in [0.15, 0.2) is 0 Å². The number of carbonyl (C=O) groups is 1. The number of allylic oxidation sites excluding steroid dienone is 1. The highest BCUT2D eigenvalue weighted by Crippen LogP contribution is 2.43. The second kappa shape index (κ2) is 17.1. The lowest BCUT2D eigenvalue weighted by atomic mass is 9.98. The Hall–Kier alpha value is -0.410. The minimum absolute atomic E-state index is 0.0965. The molecule has 0 spiro atoms. The molecule has 0 bridgehead atoms. The maximum Gasteiger partial charge on any atom is 0.225 e. The lowest BCUT2D eigenvalue weighted by Crippen LogP contribution is -2.51. The van der Waals surface area contributed by atoms with Crippen molar-refractivity contribution < 1.29 is 14.0 Å². The maximum atomic E-state index is 12.4. The number of amides is 1. The highest BCUT2D eigenvalue weighted by atomic mass is 32.2. The Labute approximate surface area is 213 Å². The second-order valence-electron chi connectivity index (χ2n) is 9.89. The third-order valence-electron chi connectivity index (χ3n) is 6.38. The van der Waals surface area contributed by atoms with Crippen LogP contribution in [-0.2, 0) is 9.53 Å². The molecular formula is C25H53N4O2S2+. The molecule has 0 aromatic carbocycles. The SMILES string of the molecule is C=C(CC)NCCSC(C)(C)C(C)(C)SCCNC(=O)CC[N+](C)(CCN)CCOCCC. The van der Waals surface area contributed by atoms with Crippen molar-refractivity contribution in [3.63, 3.8) is 0 Å². The number of nitrogens with zero attached hydrogens (tertiary/aromatic N) is 1. The van der Waals surface area contributed by atoms with E-state index in [0.717, 1.165) is 73.9 Å². The Morgan fingerprint density at radius 2 is 1.55 bits per heavy atom. The van der Waals surface area contributed by atoms with Crippen molar-refractivity contribution in [3.8, 4) is 0 Å². The van der Waals surface area contributed by atoms with Crippen LogP contribution in [0.2, 0.25) is 0 Å². The van der Waals surface area contributed by atoms with Crippen molar-refractivity contribution in [2.75, 3.05) is 71.0 Å². The van der Waals surface area contributed by atoms with Crippen molar-refractivity contribution in [3.05, 3.63) is 12.3 Å². The second-order valence-corrected chi connectivity index (χ2v) is 13.3. The first kappa shape index (κ1) is 32.6. The van der Waals surface area contributed by atoms with Crippen LogP contribution < -0.4 is 16.4 Å². The Bertz CT molecular complexity index is 559. The largest absolute Gasteiger partial charge is 0.388 e. The molecule has 1 amide bonds. The molecule has 0 aliphatic rings. The number of ether oxygens (including phenoxy) is 1. The first-order valence-corrected chi connectivity index (χ1v) is 14.5. The van der Waals surface area contributed by atoms with Crippen LogP contribution in [0.25, 0.3) is 0 Å². The Kier molecular flexibility index (Phi) is 16.9. The molecule has 33 heavy (non-hydrogen) atoms. The quantitative estimate of drug-likeness (QED) is 0.162. The summed E-state index contributed by atoms with van der Waals surface area (Å²) in [6, 6.07) is 0. The molecule has 0 saturated carbocycles. The Balaban J connectivity index is 4.30. The number of likely N-dealkylation sites (N-methyl/N-ethyl adjacent to an activating group) is 1. The van der Waals surface area contributed by atoms with Crippen molar-refractivity contribution in [2.24, 2.45) is 5.73 Å². The van der Waals surface area contributed by atoms with Gasteiger partial charge in [-0.1, -0.05) is 20.4 Å². The summed E-state index contributed by atoms with van der Waals surface area (Å²) in [5, 5.41) is 6.49. The number of thioether (sulfide) groups is 2. The van der Waals surface area contributed by atoms with E-state index in [0.29, 0.717) is 19.5 Å². The zero-order chi connectivity index (χ0) is 25.4. The molecule has 4 N–H and O–H groups in total. The normalized spacial score (nSPS) is 14.1. The molecule has 6 nitrogen and oxygen atoms in total. The molecule has 0 heterocycles. The number of hydrogen-bond acceptors (Lipinski definition) is 6. The highest BCUT2D eigenvalue weighted by Gasteiger charge is 2.37. The van der Waals surface area contributed by atoms with Gasteiger partial charge in [0.05, 0.1) is 33.2 Å². The Morgan fingerprint density at radius 3 is 2.06 bits per heavy atom. The maximum absolute atomic E-state index is 12.4. The summed E-state index contributed by atoms with van der Waals surface area (Å²) in [6.45, 7) is 23.8. The molecule has 0 saturated heterocycles. The van der Waals surface area contributed by atoms with Crippen LogP contribution in [0.15, 0.2) is 12.3 Å². The average molecular weight is 506 g/mol. The summed E-state index contributed by atoms with van der Waals surface area (Å²) in [7, 11) is 2.17. The summed E-state index contributed by atoms with van der Waals surface area (Å²) >= 11 is 3.93. The molecule has 0 aliphatic carbocycles. The van der Waals surface area contributed by atoms with Gasteiger partial charge < -0.3 is 25.6 Å². The van der Waals surface area contributed by atoms with Gasteiger partial charge in [-0.25, -0.2) is 0 Å². The van der Waals surface area contributed by atoms with Gasteiger partial charge in [-0.05, 0) is 40.5 Å². The fourth-order valence-electron chi connectivity index (χ4n) is 3.14. The standard InChI is InChI=1S/C25H52N4O2S2/c1-9-18-31-19-17-29(8,16-12-26)15-11-23(30)28-14-21-33-25(6,7)24(4,5)32-20-13-27-22(3)10-2/h27H,3,9-21,26H2,1-2,4-8H3/p+1. The number of hydrogen-bond donors (Lipinski definition) is 3. The molecule has 8 heteroatoms. The molecule has 0 fully saturated rings. The van der Waals surface area contributed by atoms with Crippen LogP contribution in [0.5, 0.6) is 0 Å². The number of rotatable bonds is 21. The van der Waals surface area contributed by atoms with E-state index < -0.39 is 0 Å². The van der Waals surface area contributed by atoms with E-state index in [9.17, 15) is 4.79 Å². The van der Waals surface area contributed by atoms with Crippen LogP contribution in [0.1, 0.15) is 60.8 Å². The van der Waals surface area contributed by atoms with E-state index >= 15 is 0 Å². The highest BCUT2D eigenvalue weighted by molar-refractivity contribution is 8.04. The van der Waals surface area contributed by atoms with Gasteiger partial charge in [0.2, 0.25) is 5.91 Å². The van der Waals surface area contributed by atoms with Gasteiger partial charge >= 0.3 is 0 Å². The van der Waals surface area contributed by atoms with Crippen LogP contribution in [0, 0.1) is 0 Å². The van der Waals surface area contributed by atoms with Crippen LogP contribution in [0.3, 0.4) is 0 Å². The monoisotopic (exact) mass is 505 g/mol. The summed E-state index contributed by atoms with van der Waals surface area (Å²) < 4.78 is 6.65. The van der Waals surface area contributed by atoms with E-state index in [1.807, 2.05) is 23.5 Å². The topological polar surface area (TPSA) is 76.4 Å². The first-order chi connectivity index (χ1) is 15.4. The zero-order valence-electron chi connectivity index (χ0n) is 22.6. The van der Waals surface area contributed by atoms with E-state index in [1.165, 1.54) is 0 Å². The van der Waals surface area contributed by atoms with Crippen LogP contribution in [0.4, 0.5) is 0 Å². The van der Waals surface area contributed by atoms with Gasteiger partial charge in [0.1, 0.15) is 6.54 Å². The van der Waals surface area contributed by atoms with Crippen molar-refractivity contribution in [1.82, 2.24) is 10.6 Å². The molecule has 0 aromatic heterocycles. The molecule has 0 rings (SSSR count). The minimum atomic E-state index is 0.0965. The van der Waals surface area contributed by atoms with Gasteiger partial charge in [-0.3, -0.25) is 4.79 Å². The van der Waals surface area contributed by atoms with E-state index in [2.05, 4.69) is 65.8 Å². The summed E-state index contributed by atoms with van der Waals surface area (Å²) in [5.74, 6) is 2.09. The third-order valence-corrected chi connectivity index (χ3v) is 9.79. The molecule has 196 valence electrons. The van der Waals surface area contributed by atoms with Crippen molar-refractivity contribution in [1.29, 1.82) is 0 Å². The van der Waals surface area contributed by atoms with Crippen molar-refractivity contribution >= 4 is 29.4 Å². The molecule has 1 atom stereocenters. The van der Waals surface area contributed by atoms with Gasteiger partial charge in [0, 0.05) is 52.9 Å². The first-order valence-electron chi connectivity index (χ1n) is 12.5. The molecule has 0 aromatic rings. The summed E-state index contributed by atoms with van der Waals surface area (Å²) in [5.41, 5.74) is 6.92. The van der Waals surface area contributed by atoms with Crippen LogP contribution >= 0.6 is 23.5 Å². The number of nitrogens with two attached hydrogens (primary N) is 1. The fourth-order valence-corrected chi connectivity index (χ4v) is 5.62. The number of nitrogens with one attached hydrogen (secondary N) is 2. The van der Waals surface area contributed by atoms with Gasteiger partial charge in [-0.2, -0.15) is 23.5 Å². The summed E-state index contributed by atoms with van der Waals surface area (Å²) in [6.07, 6.45) is 2.52. The zero-order valence-corrected chi connectivity index (χ0v) is 24.2. The summed E-state index contributed by atoms with van der Waals surface area (Å²) in [4.78, 5) is 12.4. The predicted octanol–water partition coefficient (Wildman–Crippen LogP) is 3.86. The van der Waals surface area contributed by atoms with E-state index in [-0.39, 0.29) is 15.4 Å². The lowest BCUT2D eigenvalue weighted by Gasteiger charge is -2.41. The van der Waals surface area contributed by atoms with Crippen molar-refractivity contribution in [2.45, 2.75) is 70.3 Å². The third kappa shape index (κ3) is 14.6. The fraction of sp³-hybridized carbons (Fsp3) is 0.880. The predicted molar refractivity (Wildman–Crippen MR) is 149 cm³/mol. The smallest absolute Gasteiger partial charge is 0.225 e. The lowest BCUT2D eigenvalue weighted by molar-refractivity contribution is -0.908.